The maximum Gasteiger partial charge on any atom is 0.259 e. The smallest absolute Gasteiger partial charge is 0.259 e. The van der Waals surface area contributed by atoms with Crippen molar-refractivity contribution >= 4 is 5.91 Å². The number of hydrazine groups is 1. The summed E-state index contributed by atoms with van der Waals surface area (Å²) in [4.78, 5) is 14.9. The first-order valence-electron chi connectivity index (χ1n) is 9.50. The lowest BCUT2D eigenvalue weighted by Crippen LogP contribution is -2.48. The molecule has 3 heterocycles. The fourth-order valence-corrected chi connectivity index (χ4v) is 4.43. The van der Waals surface area contributed by atoms with Crippen LogP contribution in [0.1, 0.15) is 46.1 Å². The van der Waals surface area contributed by atoms with Gasteiger partial charge in [0, 0.05) is 31.6 Å². The van der Waals surface area contributed by atoms with Gasteiger partial charge >= 0.3 is 0 Å². The Bertz CT molecular complexity index is 800. The Morgan fingerprint density at radius 2 is 2.07 bits per heavy atom. The zero-order valence-corrected chi connectivity index (χ0v) is 15.7. The number of piperidine rings is 1. The van der Waals surface area contributed by atoms with Gasteiger partial charge in [-0.3, -0.25) is 15.6 Å². The van der Waals surface area contributed by atoms with Crippen molar-refractivity contribution < 1.29 is 13.7 Å². The van der Waals surface area contributed by atoms with E-state index < -0.39 is 0 Å². The Labute approximate surface area is 158 Å². The minimum Gasteiger partial charge on any atom is -0.361 e. The summed E-state index contributed by atoms with van der Waals surface area (Å²) in [5.41, 5.74) is 8.99. The molecule has 144 valence electrons. The molecule has 3 unspecified atom stereocenters. The normalized spacial score (nSPS) is 25.7. The Hall–Kier alpha value is -2.25. The predicted molar refractivity (Wildman–Crippen MR) is 98.7 cm³/mol. The lowest BCUT2D eigenvalue weighted by Gasteiger charge is -2.37. The Kier molecular flexibility index (Phi) is 4.97. The maximum atomic E-state index is 13.3. The average Bonchev–Trinajstić information content (AvgIpc) is 3.29. The lowest BCUT2D eigenvalue weighted by molar-refractivity contribution is 0.0642. The molecule has 1 aromatic carbocycles. The highest BCUT2D eigenvalue weighted by atomic mass is 19.1. The highest BCUT2D eigenvalue weighted by molar-refractivity contribution is 5.96. The number of carbonyl (C=O) groups is 1. The van der Waals surface area contributed by atoms with Crippen molar-refractivity contribution in [3.05, 3.63) is 52.7 Å². The molecule has 0 radical (unpaired) electrons. The minimum absolute atomic E-state index is 0.000221. The molecule has 0 aliphatic carbocycles. The van der Waals surface area contributed by atoms with E-state index in [4.69, 9.17) is 4.52 Å². The number of benzene rings is 1. The van der Waals surface area contributed by atoms with Crippen LogP contribution in [-0.4, -0.2) is 41.6 Å². The van der Waals surface area contributed by atoms with E-state index in [9.17, 15) is 9.18 Å². The minimum atomic E-state index is -0.219. The average molecular weight is 372 g/mol. The highest BCUT2D eigenvalue weighted by Gasteiger charge is 2.38. The molecular weight excluding hydrogens is 347 g/mol. The number of carbonyl (C=O) groups excluding carboxylic acids is 1. The van der Waals surface area contributed by atoms with Gasteiger partial charge in [0.1, 0.15) is 17.1 Å². The molecule has 0 bridgehead atoms. The van der Waals surface area contributed by atoms with Crippen LogP contribution in [0.3, 0.4) is 0 Å². The van der Waals surface area contributed by atoms with E-state index in [0.717, 1.165) is 31.5 Å². The summed E-state index contributed by atoms with van der Waals surface area (Å²) in [5.74, 6) is 0.936. The van der Waals surface area contributed by atoms with Crippen LogP contribution in [0.25, 0.3) is 0 Å². The first kappa shape index (κ1) is 18.1. The fourth-order valence-electron chi connectivity index (χ4n) is 4.43. The van der Waals surface area contributed by atoms with Crippen LogP contribution < -0.4 is 10.9 Å². The Morgan fingerprint density at radius 1 is 1.30 bits per heavy atom. The van der Waals surface area contributed by atoms with Crippen molar-refractivity contribution in [2.75, 3.05) is 19.6 Å². The topological polar surface area (TPSA) is 70.4 Å². The SMILES string of the molecule is Cc1noc(C)c1C(=O)N1CCCC(C2NNCC2c2ccc(F)cc2)C1. The van der Waals surface area contributed by atoms with Gasteiger partial charge in [-0.1, -0.05) is 17.3 Å². The number of hydrogen-bond donors (Lipinski definition) is 2. The van der Waals surface area contributed by atoms with Crippen molar-refractivity contribution in [3.8, 4) is 0 Å². The largest absolute Gasteiger partial charge is 0.361 e. The van der Waals surface area contributed by atoms with Gasteiger partial charge < -0.3 is 9.42 Å². The van der Waals surface area contributed by atoms with E-state index in [1.54, 1.807) is 13.8 Å². The van der Waals surface area contributed by atoms with Crippen molar-refractivity contribution in [3.63, 3.8) is 0 Å². The third-order valence-electron chi connectivity index (χ3n) is 5.82. The molecule has 2 fully saturated rings. The molecular formula is C20H25FN4O2. The molecule has 3 atom stereocenters. The van der Waals surface area contributed by atoms with Crippen LogP contribution >= 0.6 is 0 Å². The monoisotopic (exact) mass is 372 g/mol. The molecule has 0 saturated carbocycles. The van der Waals surface area contributed by atoms with Gasteiger partial charge in [0.25, 0.3) is 5.91 Å². The molecule has 2 saturated heterocycles. The number of nitrogens with zero attached hydrogens (tertiary/aromatic N) is 2. The molecule has 1 aromatic heterocycles. The van der Waals surface area contributed by atoms with E-state index in [1.165, 1.54) is 12.1 Å². The Morgan fingerprint density at radius 3 is 2.78 bits per heavy atom. The van der Waals surface area contributed by atoms with Crippen LogP contribution in [0.5, 0.6) is 0 Å². The van der Waals surface area contributed by atoms with Gasteiger partial charge in [0.15, 0.2) is 0 Å². The summed E-state index contributed by atoms with van der Waals surface area (Å²) in [6.45, 7) is 5.82. The maximum absolute atomic E-state index is 13.3. The van der Waals surface area contributed by atoms with E-state index in [0.29, 0.717) is 29.5 Å². The lowest BCUT2D eigenvalue weighted by atomic mass is 9.81. The van der Waals surface area contributed by atoms with E-state index >= 15 is 0 Å². The number of rotatable bonds is 3. The summed E-state index contributed by atoms with van der Waals surface area (Å²) in [5, 5.41) is 3.91. The summed E-state index contributed by atoms with van der Waals surface area (Å²) in [6.07, 6.45) is 2.02. The second kappa shape index (κ2) is 7.40. The molecule has 2 aromatic rings. The first-order chi connectivity index (χ1) is 13.0. The predicted octanol–water partition coefficient (Wildman–Crippen LogP) is 2.54. The molecule has 1 amide bonds. The molecule has 6 nitrogen and oxygen atoms in total. The van der Waals surface area contributed by atoms with Gasteiger partial charge in [0.2, 0.25) is 0 Å². The van der Waals surface area contributed by atoms with Crippen molar-refractivity contribution in [1.29, 1.82) is 0 Å². The van der Waals surface area contributed by atoms with Gasteiger partial charge in [-0.15, -0.1) is 0 Å². The fraction of sp³-hybridized carbons (Fsp3) is 0.500. The van der Waals surface area contributed by atoms with Crippen molar-refractivity contribution in [2.45, 2.75) is 38.6 Å². The Balaban J connectivity index is 1.50. The summed E-state index contributed by atoms with van der Waals surface area (Å²) >= 11 is 0. The third kappa shape index (κ3) is 3.49. The van der Waals surface area contributed by atoms with Crippen LogP contribution in [0.2, 0.25) is 0 Å². The van der Waals surface area contributed by atoms with Crippen LogP contribution in [0.4, 0.5) is 4.39 Å². The number of hydrogen-bond acceptors (Lipinski definition) is 5. The van der Waals surface area contributed by atoms with E-state index in [1.807, 2.05) is 17.0 Å². The van der Waals surface area contributed by atoms with E-state index in [-0.39, 0.29) is 23.7 Å². The zero-order chi connectivity index (χ0) is 19.0. The van der Waals surface area contributed by atoms with Crippen molar-refractivity contribution in [1.82, 2.24) is 20.9 Å². The van der Waals surface area contributed by atoms with Gasteiger partial charge in [-0.25, -0.2) is 4.39 Å². The standard InChI is InChI=1S/C20H25FN4O2/c1-12-18(13(2)27-24-12)20(26)25-9-3-4-15(11-25)19-17(10-22-23-19)14-5-7-16(21)8-6-14/h5-8,15,17,19,22-23H,3-4,9-11H2,1-2H3. The first-order valence-corrected chi connectivity index (χ1v) is 9.50. The quantitative estimate of drug-likeness (QED) is 0.867. The second-order valence-corrected chi connectivity index (χ2v) is 7.56. The van der Waals surface area contributed by atoms with Crippen LogP contribution in [0.15, 0.2) is 28.8 Å². The number of nitrogens with one attached hydrogen (secondary N) is 2. The highest BCUT2D eigenvalue weighted by Crippen LogP contribution is 2.32. The second-order valence-electron chi connectivity index (χ2n) is 7.56. The molecule has 2 aliphatic heterocycles. The van der Waals surface area contributed by atoms with E-state index in [2.05, 4.69) is 16.0 Å². The number of amides is 1. The molecule has 2 aliphatic rings. The third-order valence-corrected chi connectivity index (χ3v) is 5.82. The van der Waals surface area contributed by atoms with Crippen LogP contribution in [-0.2, 0) is 0 Å². The summed E-state index contributed by atoms with van der Waals surface area (Å²) in [7, 11) is 0. The molecule has 27 heavy (non-hydrogen) atoms. The zero-order valence-electron chi connectivity index (χ0n) is 15.7. The number of aryl methyl sites for hydroxylation is 2. The number of likely N-dealkylation sites (tertiary alicyclic amines) is 1. The van der Waals surface area contributed by atoms with Gasteiger partial charge in [0.05, 0.1) is 5.69 Å². The molecule has 4 rings (SSSR count). The van der Waals surface area contributed by atoms with Gasteiger partial charge in [-0.2, -0.15) is 0 Å². The van der Waals surface area contributed by atoms with Gasteiger partial charge in [-0.05, 0) is 50.3 Å². The molecule has 7 heteroatoms. The number of halogens is 1. The number of aromatic nitrogens is 1. The summed E-state index contributed by atoms with van der Waals surface area (Å²) < 4.78 is 18.4. The summed E-state index contributed by atoms with van der Waals surface area (Å²) in [6, 6.07) is 6.95. The molecule has 0 spiro atoms. The van der Waals surface area contributed by atoms with Crippen molar-refractivity contribution in [2.24, 2.45) is 5.92 Å². The molecule has 2 N–H and O–H groups in total. The van der Waals surface area contributed by atoms with Crippen LogP contribution in [0, 0.1) is 25.6 Å².